The van der Waals surface area contributed by atoms with E-state index in [1.165, 1.54) is 0 Å². The molecule has 18 heavy (non-hydrogen) atoms. The number of rotatable bonds is 9. The summed E-state index contributed by atoms with van der Waals surface area (Å²) in [7, 11) is 1.62. The van der Waals surface area contributed by atoms with E-state index in [4.69, 9.17) is 9.47 Å². The molecule has 6 nitrogen and oxygen atoms in total. The second kappa shape index (κ2) is 8.07. The Labute approximate surface area is 108 Å². The molecule has 0 spiro atoms. The van der Waals surface area contributed by atoms with Crippen LogP contribution in [0.1, 0.15) is 19.9 Å². The van der Waals surface area contributed by atoms with E-state index in [1.54, 1.807) is 7.11 Å². The molecule has 1 atom stereocenters. The SMILES string of the molecule is COCCOCC(O)CNc1ccn(C(C)C)n1. The molecule has 0 radical (unpaired) electrons. The Hall–Kier alpha value is -1.11. The lowest BCUT2D eigenvalue weighted by atomic mass is 10.4. The van der Waals surface area contributed by atoms with Gasteiger partial charge in [-0.05, 0) is 13.8 Å². The van der Waals surface area contributed by atoms with Crippen LogP contribution in [0.5, 0.6) is 0 Å². The fourth-order valence-electron chi connectivity index (χ4n) is 1.36. The smallest absolute Gasteiger partial charge is 0.148 e. The highest BCUT2D eigenvalue weighted by Crippen LogP contribution is 2.07. The number of methoxy groups -OCH3 is 1. The second-order valence-electron chi connectivity index (χ2n) is 4.38. The van der Waals surface area contributed by atoms with Crippen LogP contribution in [-0.2, 0) is 9.47 Å². The topological polar surface area (TPSA) is 68.5 Å². The summed E-state index contributed by atoms with van der Waals surface area (Å²) in [5.74, 6) is 0.764. The maximum atomic E-state index is 9.66. The molecule has 0 aliphatic heterocycles. The molecular weight excluding hydrogens is 234 g/mol. The number of nitrogens with one attached hydrogen (secondary N) is 1. The van der Waals surface area contributed by atoms with Crippen LogP contribution in [0.2, 0.25) is 0 Å². The largest absolute Gasteiger partial charge is 0.389 e. The second-order valence-corrected chi connectivity index (χ2v) is 4.38. The van der Waals surface area contributed by atoms with E-state index in [9.17, 15) is 5.11 Å². The van der Waals surface area contributed by atoms with Gasteiger partial charge in [-0.15, -0.1) is 0 Å². The van der Waals surface area contributed by atoms with Crippen molar-refractivity contribution in [2.75, 3.05) is 38.8 Å². The number of nitrogens with zero attached hydrogens (tertiary/aromatic N) is 2. The van der Waals surface area contributed by atoms with Crippen LogP contribution >= 0.6 is 0 Å². The summed E-state index contributed by atoms with van der Waals surface area (Å²) in [6.07, 6.45) is 1.36. The number of aliphatic hydroxyl groups is 1. The van der Waals surface area contributed by atoms with Crippen molar-refractivity contribution in [1.82, 2.24) is 9.78 Å². The van der Waals surface area contributed by atoms with Crippen LogP contribution in [-0.4, -0.2) is 54.5 Å². The zero-order valence-corrected chi connectivity index (χ0v) is 11.3. The Morgan fingerprint density at radius 2 is 2.22 bits per heavy atom. The van der Waals surface area contributed by atoms with Gasteiger partial charge in [0.1, 0.15) is 5.82 Å². The number of anilines is 1. The summed E-state index contributed by atoms with van der Waals surface area (Å²) in [5, 5.41) is 17.1. The standard InChI is InChI=1S/C12H23N3O3/c1-10(2)15-5-4-12(14-15)13-8-11(16)9-18-7-6-17-3/h4-5,10-11,16H,6-9H2,1-3H3,(H,13,14). The Balaban J connectivity index is 2.18. The van der Waals surface area contributed by atoms with Gasteiger partial charge in [-0.3, -0.25) is 4.68 Å². The van der Waals surface area contributed by atoms with Crippen LogP contribution in [0, 0.1) is 0 Å². The number of hydrogen-bond acceptors (Lipinski definition) is 5. The normalized spacial score (nSPS) is 12.9. The van der Waals surface area contributed by atoms with Gasteiger partial charge in [0.05, 0.1) is 25.9 Å². The average molecular weight is 257 g/mol. The van der Waals surface area contributed by atoms with Crippen molar-refractivity contribution >= 4 is 5.82 Å². The van der Waals surface area contributed by atoms with Crippen LogP contribution in [0.4, 0.5) is 5.82 Å². The van der Waals surface area contributed by atoms with Gasteiger partial charge in [0, 0.05) is 32.0 Å². The highest BCUT2D eigenvalue weighted by atomic mass is 16.5. The maximum absolute atomic E-state index is 9.66. The summed E-state index contributed by atoms with van der Waals surface area (Å²) in [5.41, 5.74) is 0. The zero-order valence-electron chi connectivity index (χ0n) is 11.3. The third kappa shape index (κ3) is 5.48. The van der Waals surface area contributed by atoms with E-state index in [1.807, 2.05) is 16.9 Å². The maximum Gasteiger partial charge on any atom is 0.148 e. The van der Waals surface area contributed by atoms with Crippen molar-refractivity contribution in [3.63, 3.8) is 0 Å². The first-order valence-electron chi connectivity index (χ1n) is 6.17. The predicted octanol–water partition coefficient (Wildman–Crippen LogP) is 0.900. The van der Waals surface area contributed by atoms with E-state index in [0.717, 1.165) is 5.82 Å². The average Bonchev–Trinajstić information content (AvgIpc) is 2.81. The third-order valence-electron chi connectivity index (χ3n) is 2.40. The minimum atomic E-state index is -0.550. The van der Waals surface area contributed by atoms with Crippen LogP contribution < -0.4 is 5.32 Å². The van der Waals surface area contributed by atoms with E-state index >= 15 is 0 Å². The number of ether oxygens (including phenoxy) is 2. The van der Waals surface area contributed by atoms with E-state index in [2.05, 4.69) is 24.3 Å². The summed E-state index contributed by atoms with van der Waals surface area (Å²) < 4.78 is 11.9. The van der Waals surface area contributed by atoms with Crippen LogP contribution in [0.15, 0.2) is 12.3 Å². The Kier molecular flexibility index (Phi) is 6.70. The molecule has 0 amide bonds. The number of aromatic nitrogens is 2. The lowest BCUT2D eigenvalue weighted by Crippen LogP contribution is -2.25. The van der Waals surface area contributed by atoms with Gasteiger partial charge in [-0.2, -0.15) is 5.10 Å². The zero-order chi connectivity index (χ0) is 13.4. The Morgan fingerprint density at radius 1 is 1.44 bits per heavy atom. The monoisotopic (exact) mass is 257 g/mol. The van der Waals surface area contributed by atoms with Gasteiger partial charge >= 0.3 is 0 Å². The molecule has 0 aliphatic carbocycles. The molecule has 1 aromatic heterocycles. The molecular formula is C12H23N3O3. The Morgan fingerprint density at radius 3 is 2.83 bits per heavy atom. The molecule has 1 aromatic rings. The summed E-state index contributed by atoms with van der Waals surface area (Å²) >= 11 is 0. The quantitative estimate of drug-likeness (QED) is 0.643. The molecule has 104 valence electrons. The van der Waals surface area contributed by atoms with Gasteiger partial charge in [0.15, 0.2) is 0 Å². The molecule has 0 aromatic carbocycles. The van der Waals surface area contributed by atoms with Crippen LogP contribution in [0.25, 0.3) is 0 Å². The predicted molar refractivity (Wildman–Crippen MR) is 69.8 cm³/mol. The van der Waals surface area contributed by atoms with Gasteiger partial charge in [0.25, 0.3) is 0 Å². The summed E-state index contributed by atoms with van der Waals surface area (Å²) in [6.45, 7) is 5.88. The van der Waals surface area contributed by atoms with E-state index in [0.29, 0.717) is 32.4 Å². The van der Waals surface area contributed by atoms with Gasteiger partial charge in [-0.1, -0.05) is 0 Å². The fraction of sp³-hybridized carbons (Fsp3) is 0.750. The minimum absolute atomic E-state index is 0.293. The number of aliphatic hydroxyl groups excluding tert-OH is 1. The molecule has 2 N–H and O–H groups in total. The van der Waals surface area contributed by atoms with Crippen molar-refractivity contribution in [2.45, 2.75) is 26.0 Å². The molecule has 1 rings (SSSR count). The van der Waals surface area contributed by atoms with Crippen molar-refractivity contribution in [1.29, 1.82) is 0 Å². The first kappa shape index (κ1) is 14.9. The van der Waals surface area contributed by atoms with Crippen molar-refractivity contribution < 1.29 is 14.6 Å². The molecule has 1 heterocycles. The van der Waals surface area contributed by atoms with Crippen molar-refractivity contribution in [3.05, 3.63) is 12.3 Å². The first-order valence-corrected chi connectivity index (χ1v) is 6.17. The lowest BCUT2D eigenvalue weighted by Gasteiger charge is -2.11. The number of hydrogen-bond donors (Lipinski definition) is 2. The van der Waals surface area contributed by atoms with Gasteiger partial charge in [0.2, 0.25) is 0 Å². The van der Waals surface area contributed by atoms with Gasteiger partial charge in [-0.25, -0.2) is 0 Å². The molecule has 1 unspecified atom stereocenters. The van der Waals surface area contributed by atoms with Gasteiger partial charge < -0.3 is 19.9 Å². The van der Waals surface area contributed by atoms with Crippen molar-refractivity contribution in [3.8, 4) is 0 Å². The van der Waals surface area contributed by atoms with Crippen LogP contribution in [0.3, 0.4) is 0 Å². The highest BCUT2D eigenvalue weighted by Gasteiger charge is 2.06. The molecule has 0 saturated carbocycles. The highest BCUT2D eigenvalue weighted by molar-refractivity contribution is 5.32. The molecule has 0 aliphatic rings. The molecule has 0 bridgehead atoms. The molecule has 0 fully saturated rings. The minimum Gasteiger partial charge on any atom is -0.389 e. The van der Waals surface area contributed by atoms with Crippen molar-refractivity contribution in [2.24, 2.45) is 0 Å². The fourth-order valence-corrected chi connectivity index (χ4v) is 1.36. The molecule has 0 saturated heterocycles. The van der Waals surface area contributed by atoms with E-state index in [-0.39, 0.29) is 0 Å². The Bertz CT molecular complexity index is 328. The third-order valence-corrected chi connectivity index (χ3v) is 2.40. The first-order chi connectivity index (χ1) is 8.63. The lowest BCUT2D eigenvalue weighted by molar-refractivity contribution is 0.0182. The summed E-state index contributed by atoms with van der Waals surface area (Å²) in [4.78, 5) is 0. The molecule has 6 heteroatoms. The summed E-state index contributed by atoms with van der Waals surface area (Å²) in [6, 6.07) is 2.22. The van der Waals surface area contributed by atoms with E-state index < -0.39 is 6.10 Å².